The zero-order valence-corrected chi connectivity index (χ0v) is 10.7. The highest BCUT2D eigenvalue weighted by Crippen LogP contribution is 2.19. The number of H-pyrrole nitrogens is 1. The van der Waals surface area contributed by atoms with Crippen molar-refractivity contribution >= 4 is 23.2 Å². The van der Waals surface area contributed by atoms with Gasteiger partial charge in [-0.05, 0) is 11.6 Å². The van der Waals surface area contributed by atoms with Crippen LogP contribution in [0.15, 0.2) is 29.1 Å². The molecule has 0 atom stereocenters. The van der Waals surface area contributed by atoms with Crippen LogP contribution < -0.4 is 5.56 Å². The molecule has 0 aliphatic carbocycles. The first kappa shape index (κ1) is 13.1. The smallest absolute Gasteiger partial charge is 0.251 e. The Bertz CT molecular complexity index is 628. The van der Waals surface area contributed by atoms with Gasteiger partial charge >= 0.3 is 0 Å². The van der Waals surface area contributed by atoms with Crippen molar-refractivity contribution in [2.45, 2.75) is 12.3 Å². The minimum Gasteiger partial charge on any atom is -0.310 e. The molecule has 0 aliphatic rings. The number of alkyl halides is 1. The number of aromatic nitrogens is 2. The average molecular weight is 287 g/mol. The van der Waals surface area contributed by atoms with Crippen LogP contribution in [0.25, 0.3) is 0 Å². The van der Waals surface area contributed by atoms with Crippen molar-refractivity contribution in [3.8, 4) is 0 Å². The Hall–Kier alpha value is -1.39. The highest BCUT2D eigenvalue weighted by Gasteiger charge is 2.09. The number of halogens is 3. The van der Waals surface area contributed by atoms with E-state index in [0.29, 0.717) is 17.1 Å². The lowest BCUT2D eigenvalue weighted by Gasteiger charge is -2.05. The molecule has 18 heavy (non-hydrogen) atoms. The first-order valence-corrected chi connectivity index (χ1v) is 6.09. The Balaban J connectivity index is 2.37. The SMILES string of the molecule is O=c1cc(CCl)nc(Cc2cccc(Cl)c2F)[nH]1. The molecule has 0 fully saturated rings. The maximum absolute atomic E-state index is 13.7. The summed E-state index contributed by atoms with van der Waals surface area (Å²) in [6.07, 6.45) is 0.159. The minimum absolute atomic E-state index is 0.0448. The van der Waals surface area contributed by atoms with Crippen molar-refractivity contribution in [1.82, 2.24) is 9.97 Å². The highest BCUT2D eigenvalue weighted by molar-refractivity contribution is 6.30. The first-order chi connectivity index (χ1) is 8.60. The number of hydrogen-bond acceptors (Lipinski definition) is 2. The summed E-state index contributed by atoms with van der Waals surface area (Å²) in [5, 5.41) is 0.0448. The second-order valence-electron chi connectivity index (χ2n) is 3.71. The van der Waals surface area contributed by atoms with E-state index in [1.807, 2.05) is 0 Å². The van der Waals surface area contributed by atoms with Crippen molar-refractivity contribution in [3.05, 3.63) is 62.5 Å². The zero-order valence-electron chi connectivity index (χ0n) is 9.21. The Morgan fingerprint density at radius 3 is 2.89 bits per heavy atom. The Morgan fingerprint density at radius 1 is 1.39 bits per heavy atom. The first-order valence-electron chi connectivity index (χ1n) is 5.18. The lowest BCUT2D eigenvalue weighted by molar-refractivity contribution is 0.612. The van der Waals surface area contributed by atoms with Gasteiger partial charge < -0.3 is 4.98 Å². The van der Waals surface area contributed by atoms with Crippen molar-refractivity contribution < 1.29 is 4.39 Å². The molecule has 0 amide bonds. The van der Waals surface area contributed by atoms with Gasteiger partial charge in [0, 0.05) is 12.5 Å². The van der Waals surface area contributed by atoms with Crippen LogP contribution in [0.1, 0.15) is 17.1 Å². The largest absolute Gasteiger partial charge is 0.310 e. The molecule has 94 valence electrons. The van der Waals surface area contributed by atoms with Crippen LogP contribution in [-0.2, 0) is 12.3 Å². The normalized spacial score (nSPS) is 10.6. The maximum atomic E-state index is 13.7. The third-order valence-electron chi connectivity index (χ3n) is 2.37. The number of hydrogen-bond donors (Lipinski definition) is 1. The van der Waals surface area contributed by atoms with Crippen molar-refractivity contribution in [2.75, 3.05) is 0 Å². The van der Waals surface area contributed by atoms with Crippen LogP contribution in [0.5, 0.6) is 0 Å². The van der Waals surface area contributed by atoms with E-state index >= 15 is 0 Å². The molecule has 0 saturated carbocycles. The third kappa shape index (κ3) is 2.89. The van der Waals surface area contributed by atoms with E-state index in [0.717, 1.165) is 0 Å². The topological polar surface area (TPSA) is 45.8 Å². The number of rotatable bonds is 3. The number of aromatic amines is 1. The Kier molecular flexibility index (Phi) is 3.99. The van der Waals surface area contributed by atoms with Crippen LogP contribution in [0, 0.1) is 5.82 Å². The van der Waals surface area contributed by atoms with Gasteiger partial charge in [-0.25, -0.2) is 9.37 Å². The van der Waals surface area contributed by atoms with Crippen LogP contribution in [0.3, 0.4) is 0 Å². The van der Waals surface area contributed by atoms with Crippen LogP contribution in [0.4, 0.5) is 4.39 Å². The second kappa shape index (κ2) is 5.50. The number of nitrogens with one attached hydrogen (secondary N) is 1. The fourth-order valence-electron chi connectivity index (χ4n) is 1.58. The van der Waals surface area contributed by atoms with Crippen LogP contribution >= 0.6 is 23.2 Å². The standard InChI is InChI=1S/C12H9Cl2FN2O/c13-6-8-5-11(18)17-10(16-8)4-7-2-1-3-9(14)12(7)15/h1-3,5H,4,6H2,(H,16,17,18). The predicted molar refractivity (Wildman–Crippen MR) is 68.6 cm³/mol. The summed E-state index contributed by atoms with van der Waals surface area (Å²) in [7, 11) is 0. The lowest BCUT2D eigenvalue weighted by Crippen LogP contribution is -2.13. The molecule has 0 spiro atoms. The van der Waals surface area contributed by atoms with Gasteiger partial charge in [-0.3, -0.25) is 4.79 Å². The van der Waals surface area contributed by atoms with E-state index in [1.54, 1.807) is 12.1 Å². The summed E-state index contributed by atoms with van der Waals surface area (Å²) in [5.74, 6) is -0.00741. The summed E-state index contributed by atoms with van der Waals surface area (Å²) >= 11 is 11.3. The zero-order chi connectivity index (χ0) is 13.1. The predicted octanol–water partition coefficient (Wildman–Crippen LogP) is 2.89. The summed E-state index contributed by atoms with van der Waals surface area (Å²) in [5.41, 5.74) is 0.522. The van der Waals surface area contributed by atoms with Crippen molar-refractivity contribution in [1.29, 1.82) is 0 Å². The van der Waals surface area contributed by atoms with Crippen LogP contribution in [-0.4, -0.2) is 9.97 Å². The van der Waals surface area contributed by atoms with E-state index in [4.69, 9.17) is 23.2 Å². The average Bonchev–Trinajstić information content (AvgIpc) is 2.34. The van der Waals surface area contributed by atoms with Gasteiger partial charge in [0.15, 0.2) is 0 Å². The molecule has 0 aliphatic heterocycles. The molecule has 1 aromatic carbocycles. The summed E-state index contributed by atoms with van der Waals surface area (Å²) in [4.78, 5) is 18.0. The fraction of sp³-hybridized carbons (Fsp3) is 0.167. The number of nitrogens with zero attached hydrogens (tertiary/aromatic N) is 1. The third-order valence-corrected chi connectivity index (χ3v) is 2.94. The Morgan fingerprint density at radius 2 is 2.17 bits per heavy atom. The molecule has 6 heteroatoms. The molecule has 1 N–H and O–H groups in total. The molecule has 0 bridgehead atoms. The molecule has 1 heterocycles. The van der Waals surface area contributed by atoms with Crippen molar-refractivity contribution in [3.63, 3.8) is 0 Å². The molecule has 3 nitrogen and oxygen atoms in total. The molecule has 2 rings (SSSR count). The Labute approximate surface area is 113 Å². The number of benzene rings is 1. The van der Waals surface area contributed by atoms with E-state index < -0.39 is 5.82 Å². The van der Waals surface area contributed by atoms with Gasteiger partial charge in [-0.2, -0.15) is 0 Å². The van der Waals surface area contributed by atoms with E-state index in [-0.39, 0.29) is 22.9 Å². The summed E-state index contributed by atoms with van der Waals surface area (Å²) in [6.45, 7) is 0. The lowest BCUT2D eigenvalue weighted by atomic mass is 10.1. The highest BCUT2D eigenvalue weighted by atomic mass is 35.5. The van der Waals surface area contributed by atoms with Gasteiger partial charge in [0.25, 0.3) is 5.56 Å². The fourth-order valence-corrected chi connectivity index (χ4v) is 1.91. The van der Waals surface area contributed by atoms with Gasteiger partial charge in [0.2, 0.25) is 0 Å². The monoisotopic (exact) mass is 286 g/mol. The maximum Gasteiger partial charge on any atom is 0.251 e. The molecule has 0 radical (unpaired) electrons. The van der Waals surface area contributed by atoms with Gasteiger partial charge in [0.05, 0.1) is 16.6 Å². The van der Waals surface area contributed by atoms with Crippen molar-refractivity contribution in [2.24, 2.45) is 0 Å². The van der Waals surface area contributed by atoms with Gasteiger partial charge in [-0.1, -0.05) is 23.7 Å². The van der Waals surface area contributed by atoms with Gasteiger partial charge in [0.1, 0.15) is 11.6 Å². The summed E-state index contributed by atoms with van der Waals surface area (Å²) in [6, 6.07) is 6.01. The second-order valence-corrected chi connectivity index (χ2v) is 4.38. The molecule has 0 unspecified atom stereocenters. The van der Waals surface area contributed by atoms with E-state index in [9.17, 15) is 9.18 Å². The molecular weight excluding hydrogens is 278 g/mol. The minimum atomic E-state index is -0.502. The van der Waals surface area contributed by atoms with Gasteiger partial charge in [-0.15, -0.1) is 11.6 Å². The molecular formula is C12H9Cl2FN2O. The van der Waals surface area contributed by atoms with Crippen LogP contribution in [0.2, 0.25) is 5.02 Å². The van der Waals surface area contributed by atoms with E-state index in [2.05, 4.69) is 9.97 Å². The molecule has 2 aromatic rings. The van der Waals surface area contributed by atoms with E-state index in [1.165, 1.54) is 12.1 Å². The molecule has 0 saturated heterocycles. The quantitative estimate of drug-likeness (QED) is 0.882. The summed E-state index contributed by atoms with van der Waals surface area (Å²) < 4.78 is 13.7. The molecule has 1 aromatic heterocycles.